The molecular formula is C11H22N2O2. The molecule has 3 N–H and O–H groups in total. The van der Waals surface area contributed by atoms with E-state index in [4.69, 9.17) is 10.5 Å². The lowest BCUT2D eigenvalue weighted by Gasteiger charge is -2.11. The van der Waals surface area contributed by atoms with Crippen molar-refractivity contribution in [1.82, 2.24) is 5.32 Å². The van der Waals surface area contributed by atoms with E-state index in [0.717, 1.165) is 6.42 Å². The van der Waals surface area contributed by atoms with Gasteiger partial charge in [0.25, 0.3) is 0 Å². The van der Waals surface area contributed by atoms with Gasteiger partial charge in [-0.05, 0) is 32.1 Å². The van der Waals surface area contributed by atoms with Crippen molar-refractivity contribution in [3.63, 3.8) is 0 Å². The van der Waals surface area contributed by atoms with Crippen LogP contribution in [0.5, 0.6) is 0 Å². The second-order valence-corrected chi connectivity index (χ2v) is 4.11. The summed E-state index contributed by atoms with van der Waals surface area (Å²) in [5.41, 5.74) is 5.86. The SMILES string of the molecule is CCOCCCC(=O)NCC(N)C1CC1. The molecule has 1 atom stereocenters. The molecule has 1 aliphatic carbocycles. The molecular weight excluding hydrogens is 192 g/mol. The minimum atomic E-state index is 0.0887. The van der Waals surface area contributed by atoms with Crippen LogP contribution in [-0.2, 0) is 9.53 Å². The first-order valence-electron chi connectivity index (χ1n) is 5.84. The summed E-state index contributed by atoms with van der Waals surface area (Å²) in [5, 5.41) is 2.86. The summed E-state index contributed by atoms with van der Waals surface area (Å²) in [6.45, 7) is 3.96. The zero-order chi connectivity index (χ0) is 11.1. The summed E-state index contributed by atoms with van der Waals surface area (Å²) in [6.07, 6.45) is 3.78. The molecule has 0 bridgehead atoms. The molecule has 15 heavy (non-hydrogen) atoms. The molecule has 0 spiro atoms. The van der Waals surface area contributed by atoms with Gasteiger partial charge in [0.15, 0.2) is 0 Å². The number of nitrogens with two attached hydrogens (primary N) is 1. The Labute approximate surface area is 91.5 Å². The summed E-state index contributed by atoms with van der Waals surface area (Å²) >= 11 is 0. The van der Waals surface area contributed by atoms with Crippen LogP contribution in [0.3, 0.4) is 0 Å². The smallest absolute Gasteiger partial charge is 0.220 e. The van der Waals surface area contributed by atoms with Gasteiger partial charge in [-0.3, -0.25) is 4.79 Å². The van der Waals surface area contributed by atoms with Gasteiger partial charge in [-0.2, -0.15) is 0 Å². The zero-order valence-corrected chi connectivity index (χ0v) is 9.50. The summed E-state index contributed by atoms with van der Waals surface area (Å²) in [5.74, 6) is 0.736. The maximum Gasteiger partial charge on any atom is 0.220 e. The molecule has 4 nitrogen and oxygen atoms in total. The van der Waals surface area contributed by atoms with Crippen LogP contribution in [0.25, 0.3) is 0 Å². The quantitative estimate of drug-likeness (QED) is 0.583. The molecule has 0 aromatic carbocycles. The third kappa shape index (κ3) is 5.74. The minimum absolute atomic E-state index is 0.0887. The molecule has 0 aliphatic heterocycles. The van der Waals surface area contributed by atoms with Gasteiger partial charge >= 0.3 is 0 Å². The number of nitrogens with one attached hydrogen (secondary N) is 1. The second-order valence-electron chi connectivity index (χ2n) is 4.11. The van der Waals surface area contributed by atoms with Gasteiger partial charge in [0.05, 0.1) is 0 Å². The van der Waals surface area contributed by atoms with Crippen LogP contribution in [-0.4, -0.2) is 31.7 Å². The van der Waals surface area contributed by atoms with E-state index in [9.17, 15) is 4.79 Å². The third-order valence-corrected chi connectivity index (χ3v) is 2.66. The Morgan fingerprint density at radius 3 is 2.93 bits per heavy atom. The Morgan fingerprint density at radius 1 is 1.60 bits per heavy atom. The molecule has 0 aromatic rings. The van der Waals surface area contributed by atoms with Crippen molar-refractivity contribution in [2.75, 3.05) is 19.8 Å². The minimum Gasteiger partial charge on any atom is -0.382 e. The van der Waals surface area contributed by atoms with Gasteiger partial charge in [0.2, 0.25) is 5.91 Å². The lowest BCUT2D eigenvalue weighted by molar-refractivity contribution is -0.121. The number of amides is 1. The van der Waals surface area contributed by atoms with Gasteiger partial charge in [0.1, 0.15) is 0 Å². The number of hydrogen-bond donors (Lipinski definition) is 2. The Hall–Kier alpha value is -0.610. The number of hydrogen-bond acceptors (Lipinski definition) is 3. The van der Waals surface area contributed by atoms with Crippen LogP contribution in [0, 0.1) is 5.92 Å². The lowest BCUT2D eigenvalue weighted by atomic mass is 10.2. The zero-order valence-electron chi connectivity index (χ0n) is 9.50. The van der Waals surface area contributed by atoms with E-state index in [1.807, 2.05) is 6.92 Å². The predicted octanol–water partition coefficient (Wildman–Crippen LogP) is 0.657. The highest BCUT2D eigenvalue weighted by Gasteiger charge is 2.28. The lowest BCUT2D eigenvalue weighted by Crippen LogP contribution is -2.38. The Balaban J connectivity index is 1.93. The summed E-state index contributed by atoms with van der Waals surface area (Å²) in [4.78, 5) is 11.3. The summed E-state index contributed by atoms with van der Waals surface area (Å²) in [6, 6.07) is 0.154. The van der Waals surface area contributed by atoms with Gasteiger partial charge in [-0.1, -0.05) is 0 Å². The van der Waals surface area contributed by atoms with Crippen LogP contribution in [0.1, 0.15) is 32.6 Å². The van der Waals surface area contributed by atoms with Crippen LogP contribution < -0.4 is 11.1 Å². The maximum atomic E-state index is 11.3. The predicted molar refractivity (Wildman–Crippen MR) is 59.4 cm³/mol. The number of ether oxygens (including phenoxy) is 1. The molecule has 1 rings (SSSR count). The van der Waals surface area contributed by atoms with Gasteiger partial charge in [-0.25, -0.2) is 0 Å². The van der Waals surface area contributed by atoms with Crippen LogP contribution in [0.2, 0.25) is 0 Å². The molecule has 1 fully saturated rings. The largest absolute Gasteiger partial charge is 0.382 e. The van der Waals surface area contributed by atoms with Gasteiger partial charge in [0, 0.05) is 32.2 Å². The summed E-state index contributed by atoms with van der Waals surface area (Å²) < 4.78 is 5.15. The maximum absolute atomic E-state index is 11.3. The normalized spacial score (nSPS) is 17.5. The number of carbonyl (C=O) groups is 1. The van der Waals surface area contributed by atoms with Gasteiger partial charge < -0.3 is 15.8 Å². The Morgan fingerprint density at radius 2 is 2.33 bits per heavy atom. The van der Waals surface area contributed by atoms with Crippen molar-refractivity contribution in [1.29, 1.82) is 0 Å². The van der Waals surface area contributed by atoms with E-state index in [1.165, 1.54) is 12.8 Å². The van der Waals surface area contributed by atoms with E-state index in [-0.39, 0.29) is 11.9 Å². The van der Waals surface area contributed by atoms with E-state index in [0.29, 0.717) is 32.1 Å². The number of carbonyl (C=O) groups excluding carboxylic acids is 1. The average molecular weight is 214 g/mol. The van der Waals surface area contributed by atoms with Crippen molar-refractivity contribution in [2.45, 2.75) is 38.6 Å². The molecule has 0 aromatic heterocycles. The highest BCUT2D eigenvalue weighted by atomic mass is 16.5. The molecule has 1 unspecified atom stereocenters. The van der Waals surface area contributed by atoms with E-state index >= 15 is 0 Å². The van der Waals surface area contributed by atoms with E-state index in [2.05, 4.69) is 5.32 Å². The first-order chi connectivity index (χ1) is 7.24. The van der Waals surface area contributed by atoms with Crippen molar-refractivity contribution >= 4 is 5.91 Å². The Kier molecular flexibility index (Phi) is 5.65. The molecule has 1 amide bonds. The number of rotatable bonds is 8. The second kappa shape index (κ2) is 6.80. The molecule has 4 heteroatoms. The highest BCUT2D eigenvalue weighted by Crippen LogP contribution is 2.31. The molecule has 88 valence electrons. The molecule has 0 saturated heterocycles. The highest BCUT2D eigenvalue weighted by molar-refractivity contribution is 5.75. The van der Waals surface area contributed by atoms with Crippen LogP contribution in [0.4, 0.5) is 0 Å². The van der Waals surface area contributed by atoms with E-state index in [1.54, 1.807) is 0 Å². The topological polar surface area (TPSA) is 64.3 Å². The monoisotopic (exact) mass is 214 g/mol. The standard InChI is InChI=1S/C11H22N2O2/c1-2-15-7-3-4-11(14)13-8-10(12)9-5-6-9/h9-10H,2-8,12H2,1H3,(H,13,14). The van der Waals surface area contributed by atoms with Crippen molar-refractivity contribution in [3.05, 3.63) is 0 Å². The van der Waals surface area contributed by atoms with Crippen LogP contribution >= 0.6 is 0 Å². The molecule has 0 heterocycles. The first-order valence-corrected chi connectivity index (χ1v) is 5.84. The summed E-state index contributed by atoms with van der Waals surface area (Å²) in [7, 11) is 0. The Bertz CT molecular complexity index is 193. The fraction of sp³-hybridized carbons (Fsp3) is 0.909. The van der Waals surface area contributed by atoms with E-state index < -0.39 is 0 Å². The first kappa shape index (κ1) is 12.5. The third-order valence-electron chi connectivity index (χ3n) is 2.66. The van der Waals surface area contributed by atoms with Crippen molar-refractivity contribution in [3.8, 4) is 0 Å². The van der Waals surface area contributed by atoms with Crippen LogP contribution in [0.15, 0.2) is 0 Å². The van der Waals surface area contributed by atoms with Gasteiger partial charge in [-0.15, -0.1) is 0 Å². The van der Waals surface area contributed by atoms with Crippen molar-refractivity contribution < 1.29 is 9.53 Å². The average Bonchev–Trinajstić information content (AvgIpc) is 3.04. The fourth-order valence-electron chi connectivity index (χ4n) is 1.49. The van der Waals surface area contributed by atoms with Crippen molar-refractivity contribution in [2.24, 2.45) is 11.7 Å². The fourth-order valence-corrected chi connectivity index (χ4v) is 1.49. The molecule has 0 radical (unpaired) electrons. The molecule has 1 saturated carbocycles. The molecule has 1 aliphatic rings.